The largest absolute Gasteiger partial charge is 0.356 e. The monoisotopic (exact) mass is 472 g/mol. The molecule has 0 unspecified atom stereocenters. The highest BCUT2D eigenvalue weighted by molar-refractivity contribution is 5.96. The fourth-order valence-electron chi connectivity index (χ4n) is 4.64. The molecule has 2 amide bonds. The van der Waals surface area contributed by atoms with Gasteiger partial charge in [-0.15, -0.1) is 0 Å². The first-order chi connectivity index (χ1) is 17.0. The van der Waals surface area contributed by atoms with Gasteiger partial charge in [-0.2, -0.15) is 0 Å². The molecule has 1 aliphatic rings. The standard InChI is InChI=1S/C25H28N8O2/c1-17-12-27-22-21(17)23(31-16-30-22)33-9-7-25(8-10-33,24(35)32-18-5-3-2-4-6-18)14-28-20(34)11-19-13-26-15-29-19/h2-6,12-13,15-16H,7-11,14H2,1H3,(H,26,29)(H,28,34)(H,32,35)(H,27,30,31). The van der Waals surface area contributed by atoms with Crippen LogP contribution in [0.5, 0.6) is 0 Å². The minimum Gasteiger partial charge on any atom is -0.356 e. The highest BCUT2D eigenvalue weighted by Gasteiger charge is 2.42. The van der Waals surface area contributed by atoms with Crippen LogP contribution >= 0.6 is 0 Å². The van der Waals surface area contributed by atoms with Crippen LogP contribution in [0, 0.1) is 12.3 Å². The minimum atomic E-state index is -0.741. The molecule has 0 atom stereocenters. The number of para-hydroxylation sites is 1. The number of aromatic amines is 2. The predicted octanol–water partition coefficient (Wildman–Crippen LogP) is 2.57. The van der Waals surface area contributed by atoms with Gasteiger partial charge in [-0.3, -0.25) is 9.59 Å². The number of nitrogens with one attached hydrogen (secondary N) is 4. The van der Waals surface area contributed by atoms with Gasteiger partial charge in [0.2, 0.25) is 11.8 Å². The Morgan fingerprint density at radius 1 is 1.11 bits per heavy atom. The quantitative estimate of drug-likeness (QED) is 0.327. The third kappa shape index (κ3) is 4.72. The molecule has 10 heteroatoms. The van der Waals surface area contributed by atoms with Gasteiger partial charge in [0.25, 0.3) is 0 Å². The summed E-state index contributed by atoms with van der Waals surface area (Å²) in [7, 11) is 0. The molecule has 1 fully saturated rings. The van der Waals surface area contributed by atoms with E-state index in [1.165, 1.54) is 0 Å². The van der Waals surface area contributed by atoms with Crippen LogP contribution in [0.15, 0.2) is 55.4 Å². The van der Waals surface area contributed by atoms with Crippen molar-refractivity contribution in [3.63, 3.8) is 0 Å². The fourth-order valence-corrected chi connectivity index (χ4v) is 4.64. The van der Waals surface area contributed by atoms with Crippen molar-refractivity contribution in [2.24, 2.45) is 5.41 Å². The lowest BCUT2D eigenvalue weighted by Crippen LogP contribution is -2.52. The number of amides is 2. The first-order valence-electron chi connectivity index (χ1n) is 11.7. The zero-order valence-electron chi connectivity index (χ0n) is 19.5. The van der Waals surface area contributed by atoms with Crippen molar-refractivity contribution in [2.75, 3.05) is 29.9 Å². The van der Waals surface area contributed by atoms with Crippen molar-refractivity contribution in [1.29, 1.82) is 0 Å². The molecule has 1 aliphatic heterocycles. The summed E-state index contributed by atoms with van der Waals surface area (Å²) in [5.41, 5.74) is 2.62. The number of aromatic nitrogens is 5. The Bertz CT molecular complexity index is 1310. The molecule has 3 aromatic heterocycles. The molecule has 35 heavy (non-hydrogen) atoms. The van der Waals surface area contributed by atoms with Crippen molar-refractivity contribution < 1.29 is 9.59 Å². The van der Waals surface area contributed by atoms with Crippen LogP contribution in [0.1, 0.15) is 24.1 Å². The molecular formula is C25H28N8O2. The smallest absolute Gasteiger partial charge is 0.232 e. The zero-order valence-corrected chi connectivity index (χ0v) is 19.5. The lowest BCUT2D eigenvalue weighted by Gasteiger charge is -2.41. The molecule has 10 nitrogen and oxygen atoms in total. The number of aryl methyl sites for hydroxylation is 1. The molecule has 4 heterocycles. The lowest BCUT2D eigenvalue weighted by molar-refractivity contribution is -0.128. The number of rotatable bonds is 7. The third-order valence-electron chi connectivity index (χ3n) is 6.71. The molecule has 1 aromatic carbocycles. The summed E-state index contributed by atoms with van der Waals surface area (Å²) in [6.45, 7) is 3.56. The van der Waals surface area contributed by atoms with Gasteiger partial charge in [0, 0.05) is 43.4 Å². The summed E-state index contributed by atoms with van der Waals surface area (Å²) >= 11 is 0. The van der Waals surface area contributed by atoms with Gasteiger partial charge in [-0.1, -0.05) is 18.2 Å². The van der Waals surface area contributed by atoms with Gasteiger partial charge in [-0.05, 0) is 37.5 Å². The number of H-pyrrole nitrogens is 2. The van der Waals surface area contributed by atoms with E-state index >= 15 is 0 Å². The maximum atomic E-state index is 13.6. The van der Waals surface area contributed by atoms with Gasteiger partial charge in [0.05, 0.1) is 23.5 Å². The molecule has 5 rings (SSSR count). The Labute approximate surface area is 202 Å². The zero-order chi connectivity index (χ0) is 24.3. The average molecular weight is 473 g/mol. The molecular weight excluding hydrogens is 444 g/mol. The number of nitrogens with zero attached hydrogens (tertiary/aromatic N) is 4. The van der Waals surface area contributed by atoms with Crippen LogP contribution in [0.3, 0.4) is 0 Å². The molecule has 180 valence electrons. The van der Waals surface area contributed by atoms with Crippen molar-refractivity contribution in [3.8, 4) is 0 Å². The summed E-state index contributed by atoms with van der Waals surface area (Å²) in [6.07, 6.45) is 8.00. The van der Waals surface area contributed by atoms with Gasteiger partial charge in [0.1, 0.15) is 17.8 Å². The van der Waals surface area contributed by atoms with Gasteiger partial charge >= 0.3 is 0 Å². The Kier molecular flexibility index (Phi) is 6.17. The van der Waals surface area contributed by atoms with E-state index in [0.717, 1.165) is 33.8 Å². The maximum Gasteiger partial charge on any atom is 0.232 e. The van der Waals surface area contributed by atoms with E-state index in [4.69, 9.17) is 0 Å². The molecule has 4 aromatic rings. The highest BCUT2D eigenvalue weighted by atomic mass is 16.2. The molecule has 0 aliphatic carbocycles. The van der Waals surface area contributed by atoms with Crippen LogP contribution in [0.4, 0.5) is 11.5 Å². The summed E-state index contributed by atoms with van der Waals surface area (Å²) in [6, 6.07) is 9.41. The topological polar surface area (TPSA) is 132 Å². The van der Waals surface area contributed by atoms with Gasteiger partial charge in [0.15, 0.2) is 0 Å². The molecule has 4 N–H and O–H groups in total. The number of imidazole rings is 1. The van der Waals surface area contributed by atoms with E-state index < -0.39 is 5.41 Å². The van der Waals surface area contributed by atoms with Crippen LogP contribution in [0.2, 0.25) is 0 Å². The SMILES string of the molecule is Cc1c[nH]c2ncnc(N3CCC(CNC(=O)Cc4cnc[nH]4)(C(=O)Nc4ccccc4)CC3)c12. The first kappa shape index (κ1) is 22.6. The predicted molar refractivity (Wildman–Crippen MR) is 133 cm³/mol. The number of piperidine rings is 1. The molecule has 0 spiro atoms. The Balaban J connectivity index is 1.34. The summed E-state index contributed by atoms with van der Waals surface area (Å²) < 4.78 is 0. The van der Waals surface area contributed by atoms with E-state index in [-0.39, 0.29) is 24.8 Å². The Hall–Kier alpha value is -4.21. The molecule has 0 saturated carbocycles. The van der Waals surface area contributed by atoms with Crippen LogP contribution in [-0.2, 0) is 16.0 Å². The summed E-state index contributed by atoms with van der Waals surface area (Å²) in [5, 5.41) is 7.05. The van der Waals surface area contributed by atoms with Gasteiger partial charge in [-0.25, -0.2) is 15.0 Å². The second-order valence-electron chi connectivity index (χ2n) is 9.01. The van der Waals surface area contributed by atoms with E-state index in [9.17, 15) is 9.59 Å². The van der Waals surface area contributed by atoms with E-state index in [2.05, 4.69) is 40.5 Å². The maximum absolute atomic E-state index is 13.6. The Morgan fingerprint density at radius 2 is 1.91 bits per heavy atom. The fraction of sp³-hybridized carbons (Fsp3) is 0.320. The second kappa shape index (κ2) is 9.57. The first-order valence-corrected chi connectivity index (χ1v) is 11.7. The van der Waals surface area contributed by atoms with Crippen LogP contribution < -0.4 is 15.5 Å². The number of anilines is 2. The highest BCUT2D eigenvalue weighted by Crippen LogP contribution is 2.36. The van der Waals surface area contributed by atoms with Crippen molar-refractivity contribution in [2.45, 2.75) is 26.2 Å². The minimum absolute atomic E-state index is 0.0872. The third-order valence-corrected chi connectivity index (χ3v) is 6.71. The van der Waals surface area contributed by atoms with Gasteiger partial charge < -0.3 is 25.5 Å². The molecule has 0 bridgehead atoms. The number of benzene rings is 1. The summed E-state index contributed by atoms with van der Waals surface area (Å²) in [5.74, 6) is 0.633. The van der Waals surface area contributed by atoms with E-state index in [1.807, 2.05) is 43.5 Å². The van der Waals surface area contributed by atoms with Crippen molar-refractivity contribution in [3.05, 3.63) is 66.6 Å². The normalized spacial score (nSPS) is 15.2. The van der Waals surface area contributed by atoms with Crippen LogP contribution in [0.25, 0.3) is 11.0 Å². The van der Waals surface area contributed by atoms with Crippen LogP contribution in [-0.4, -0.2) is 56.4 Å². The van der Waals surface area contributed by atoms with E-state index in [0.29, 0.717) is 25.9 Å². The lowest BCUT2D eigenvalue weighted by atomic mass is 9.77. The Morgan fingerprint density at radius 3 is 2.66 bits per heavy atom. The molecule has 1 saturated heterocycles. The van der Waals surface area contributed by atoms with Crippen molar-refractivity contribution in [1.82, 2.24) is 30.2 Å². The average Bonchev–Trinajstić information content (AvgIpc) is 3.53. The van der Waals surface area contributed by atoms with E-state index in [1.54, 1.807) is 18.9 Å². The molecule has 0 radical (unpaired) electrons. The number of fused-ring (bicyclic) bond motifs is 1. The number of hydrogen-bond acceptors (Lipinski definition) is 6. The number of carbonyl (C=O) groups is 2. The van der Waals surface area contributed by atoms with Crippen molar-refractivity contribution >= 4 is 34.4 Å². The summed E-state index contributed by atoms with van der Waals surface area (Å²) in [4.78, 5) is 47.3. The number of carbonyl (C=O) groups excluding carboxylic acids is 2. The second-order valence-corrected chi connectivity index (χ2v) is 9.01. The number of hydrogen-bond donors (Lipinski definition) is 4.